The third-order valence-corrected chi connectivity index (χ3v) is 19.6. The average Bonchev–Trinajstić information content (AvgIpc) is 3.13. The Morgan fingerprint density at radius 3 is 2.26 bits per heavy atom. The van der Waals surface area contributed by atoms with Gasteiger partial charge in [-0.2, -0.15) is 0 Å². The molecule has 9 heteroatoms. The molecule has 1 saturated heterocycles. The molecule has 0 radical (unpaired) electrons. The van der Waals surface area contributed by atoms with E-state index in [1.54, 1.807) is 12.1 Å². The van der Waals surface area contributed by atoms with Crippen molar-refractivity contribution in [2.45, 2.75) is 164 Å². The van der Waals surface area contributed by atoms with Crippen LogP contribution < -0.4 is 4.72 Å². The van der Waals surface area contributed by atoms with Crippen LogP contribution in [0, 0.1) is 69.0 Å². The zero-order valence-electron chi connectivity index (χ0n) is 38.7. The molecule has 1 aliphatic heterocycles. The Balaban J connectivity index is 1.34. The number of carbonyl (C=O) groups is 1. The summed E-state index contributed by atoms with van der Waals surface area (Å²) < 4.78 is 57.4. The predicted octanol–water partition coefficient (Wildman–Crippen LogP) is 10.3. The Hall–Kier alpha value is -1.78. The maximum atomic E-state index is 14.6. The molecule has 12 atom stereocenters. The van der Waals surface area contributed by atoms with Gasteiger partial charge in [-0.25, -0.2) is 13.1 Å². The van der Waals surface area contributed by atoms with Gasteiger partial charge in [0.15, 0.2) is 0 Å². The van der Waals surface area contributed by atoms with E-state index in [4.69, 9.17) is 18.9 Å². The number of benzene rings is 1. The maximum Gasteiger partial charge on any atom is 0.310 e. The predicted molar refractivity (Wildman–Crippen MR) is 232 cm³/mol. The molecule has 0 unspecified atom stereocenters. The van der Waals surface area contributed by atoms with Gasteiger partial charge in [0.25, 0.3) is 0 Å². The van der Waals surface area contributed by atoms with Crippen LogP contribution in [0.2, 0.25) is 0 Å². The highest BCUT2D eigenvalue weighted by Crippen LogP contribution is 2.75. The summed E-state index contributed by atoms with van der Waals surface area (Å²) in [5.74, 6) is 1.30. The molecule has 4 fully saturated rings. The van der Waals surface area contributed by atoms with Crippen LogP contribution in [-0.4, -0.2) is 65.7 Å². The Labute approximate surface area is 352 Å². The lowest BCUT2D eigenvalue weighted by Gasteiger charge is -2.71. The highest BCUT2D eigenvalue weighted by Gasteiger charge is 2.72. The molecule has 0 spiro atoms. The van der Waals surface area contributed by atoms with E-state index in [9.17, 15) is 13.2 Å². The van der Waals surface area contributed by atoms with Crippen molar-refractivity contribution < 1.29 is 32.2 Å². The molecule has 0 aromatic heterocycles. The van der Waals surface area contributed by atoms with Crippen LogP contribution in [0.3, 0.4) is 0 Å². The number of esters is 1. The van der Waals surface area contributed by atoms with E-state index in [2.05, 4.69) is 87.0 Å². The molecule has 1 N–H and O–H groups in total. The lowest BCUT2D eigenvalue weighted by Crippen LogP contribution is -2.70. The van der Waals surface area contributed by atoms with Gasteiger partial charge in [-0.15, -0.1) is 0 Å². The average molecular weight is 826 g/mol. The summed E-state index contributed by atoms with van der Waals surface area (Å²) in [5.41, 5.74) is 0.0776. The first-order chi connectivity index (χ1) is 26.9. The van der Waals surface area contributed by atoms with Crippen LogP contribution >= 0.6 is 0 Å². The second-order valence-corrected chi connectivity index (χ2v) is 23.9. The third kappa shape index (κ3) is 7.18. The topological polar surface area (TPSA) is 100 Å². The first-order valence-electron chi connectivity index (χ1n) is 22.6. The second-order valence-electron chi connectivity index (χ2n) is 22.2. The summed E-state index contributed by atoms with van der Waals surface area (Å²) >= 11 is 0. The minimum Gasteiger partial charge on any atom is -0.465 e. The number of rotatable bonds is 13. The number of allylic oxidation sites excluding steroid dienone is 1. The number of methoxy groups -OCH3 is 1. The van der Waals surface area contributed by atoms with Crippen LogP contribution in [0.15, 0.2) is 40.8 Å². The summed E-state index contributed by atoms with van der Waals surface area (Å²) in [6, 6.07) is 7.00. The fourth-order valence-electron chi connectivity index (χ4n) is 13.2. The molecular weight excluding hydrogens is 747 g/mol. The number of hydrogen-bond acceptors (Lipinski definition) is 7. The van der Waals surface area contributed by atoms with Gasteiger partial charge in [0.05, 0.1) is 55.0 Å². The first kappa shape index (κ1) is 45.7. The SMILES string of the molecule is CCCCOC(=O)[C@@H]1[C@@](C)([C@H](C)C(C)C)CC[C@]2(C)[C@H]3CC[C@@H]4[C@@]5(COC[C@]4(C)[C@@H](OC[C@](C)(NS(=O)(=O)c4ccc(C)cc4)C(C)(C)C)[C@H](OC)C5)C3=CC[C@@]12C. The third-order valence-electron chi connectivity index (χ3n) is 18.0. The van der Waals surface area contributed by atoms with Crippen LogP contribution in [0.25, 0.3) is 0 Å². The van der Waals surface area contributed by atoms with Crippen LogP contribution in [0.4, 0.5) is 0 Å². The van der Waals surface area contributed by atoms with Crippen molar-refractivity contribution in [3.63, 3.8) is 0 Å². The molecule has 2 bridgehead atoms. The summed E-state index contributed by atoms with van der Waals surface area (Å²) in [6.45, 7) is 30.8. The fraction of sp³-hybridized carbons (Fsp3) is 0.816. The van der Waals surface area contributed by atoms with Crippen LogP contribution in [-0.2, 0) is 33.8 Å². The monoisotopic (exact) mass is 826 g/mol. The molecule has 1 aromatic rings. The fourth-order valence-corrected chi connectivity index (χ4v) is 14.8. The minimum atomic E-state index is -3.83. The Bertz CT molecular complexity index is 1800. The first-order valence-corrected chi connectivity index (χ1v) is 24.1. The quantitative estimate of drug-likeness (QED) is 0.120. The molecule has 1 aromatic carbocycles. The molecule has 328 valence electrons. The maximum absolute atomic E-state index is 14.6. The van der Waals surface area contributed by atoms with Gasteiger partial charge in [0, 0.05) is 17.9 Å². The molecule has 0 amide bonds. The van der Waals surface area contributed by atoms with Crippen molar-refractivity contribution in [1.29, 1.82) is 0 Å². The van der Waals surface area contributed by atoms with Crippen LogP contribution in [0.5, 0.6) is 0 Å². The van der Waals surface area contributed by atoms with Crippen molar-refractivity contribution in [3.8, 4) is 0 Å². The number of unbranched alkanes of at least 4 members (excludes halogenated alkanes) is 1. The number of aryl methyl sites for hydroxylation is 1. The normalized spacial score (nSPS) is 39.1. The zero-order valence-corrected chi connectivity index (χ0v) is 39.5. The van der Waals surface area contributed by atoms with Gasteiger partial charge < -0.3 is 18.9 Å². The number of ether oxygens (including phenoxy) is 4. The molecule has 6 rings (SSSR count). The van der Waals surface area contributed by atoms with Gasteiger partial charge in [-0.05, 0) is 116 Å². The van der Waals surface area contributed by atoms with Crippen molar-refractivity contribution in [2.75, 3.05) is 33.5 Å². The summed E-state index contributed by atoms with van der Waals surface area (Å²) in [5, 5.41) is 0. The second kappa shape index (κ2) is 15.8. The molecule has 8 nitrogen and oxygen atoms in total. The van der Waals surface area contributed by atoms with Gasteiger partial charge in [-0.1, -0.05) is 112 Å². The van der Waals surface area contributed by atoms with Gasteiger partial charge in [-0.3, -0.25) is 4.79 Å². The molecule has 58 heavy (non-hydrogen) atoms. The van der Waals surface area contributed by atoms with E-state index in [0.29, 0.717) is 43.5 Å². The van der Waals surface area contributed by atoms with Crippen LogP contribution in [0.1, 0.15) is 140 Å². The van der Waals surface area contributed by atoms with Crippen molar-refractivity contribution in [3.05, 3.63) is 41.5 Å². The van der Waals surface area contributed by atoms with Crippen molar-refractivity contribution in [1.82, 2.24) is 4.72 Å². The van der Waals surface area contributed by atoms with E-state index in [1.165, 1.54) is 5.57 Å². The number of fused-ring (bicyclic) bond motifs is 3. The molecule has 5 aliphatic rings. The Morgan fingerprint density at radius 1 is 0.983 bits per heavy atom. The van der Waals surface area contributed by atoms with Crippen molar-refractivity contribution >= 4 is 16.0 Å². The molecule has 3 saturated carbocycles. The largest absolute Gasteiger partial charge is 0.465 e. The van der Waals surface area contributed by atoms with E-state index in [1.807, 2.05) is 33.1 Å². The Kier molecular flexibility index (Phi) is 12.5. The summed E-state index contributed by atoms with van der Waals surface area (Å²) in [7, 11) is -2.02. The highest BCUT2D eigenvalue weighted by atomic mass is 32.2. The van der Waals surface area contributed by atoms with E-state index in [-0.39, 0.29) is 62.7 Å². The lowest BCUT2D eigenvalue weighted by atomic mass is 9.34. The molecule has 4 aliphatic carbocycles. The number of sulfonamides is 1. The molecular formula is C49H79NO7S. The minimum absolute atomic E-state index is 0.00895. The van der Waals surface area contributed by atoms with Crippen molar-refractivity contribution in [2.24, 2.45) is 62.1 Å². The van der Waals surface area contributed by atoms with Gasteiger partial charge in [0.2, 0.25) is 10.0 Å². The van der Waals surface area contributed by atoms with E-state index in [0.717, 1.165) is 56.9 Å². The highest BCUT2D eigenvalue weighted by molar-refractivity contribution is 7.89. The summed E-state index contributed by atoms with van der Waals surface area (Å²) in [6.07, 6.45) is 9.80. The smallest absolute Gasteiger partial charge is 0.310 e. The van der Waals surface area contributed by atoms with E-state index < -0.39 is 21.0 Å². The number of hydrogen-bond donors (Lipinski definition) is 1. The lowest BCUT2D eigenvalue weighted by molar-refractivity contribution is -0.270. The number of nitrogens with one attached hydrogen (secondary N) is 1. The molecule has 1 heterocycles. The summed E-state index contributed by atoms with van der Waals surface area (Å²) in [4.78, 5) is 14.8. The Morgan fingerprint density at radius 2 is 1.66 bits per heavy atom. The standard InChI is InChI=1S/C49H79NO7S/c1-15-16-27-56-42(51)40-44(9,34(5)32(2)3)25-26-46(11)36-21-22-39-45(10)29-55-31-49(39,37(36)23-24-47(40,46)12)28-38(54-14)41(45)57-30-48(13,43(6,7)8)50-58(52,53)35-19-17-33(4)18-20-35/h17-20,23,32,34,36,38-41,50H,15-16,21-22,24-31H2,1-14H3/t34-,36+,38-,39+,40-,41+,44-,45+,46-,47+,48+,49+/m1/s1. The van der Waals surface area contributed by atoms with Gasteiger partial charge >= 0.3 is 5.97 Å². The number of carbonyl (C=O) groups excluding carboxylic acids is 1. The van der Waals surface area contributed by atoms with Gasteiger partial charge in [0.1, 0.15) is 0 Å². The van der Waals surface area contributed by atoms with E-state index >= 15 is 0 Å². The zero-order chi connectivity index (χ0) is 42.9.